The molecule has 3 fully saturated rings. The van der Waals surface area contributed by atoms with Crippen LogP contribution in [0.1, 0.15) is 57.1 Å². The summed E-state index contributed by atoms with van der Waals surface area (Å²) in [6, 6.07) is 31.6. The standard InChI is InChI=1S/C38H38N2O6/c41-21-18-27-12-14-28(15-13-27)25-45-37(42)33-10-4-6-29(22-33)26-44-34-11-5-9-32(23-34)36(31-7-2-1-3-8-31)39-38(43)46-35-24-40-19-16-30(35)17-20-40/h1-15,21-23,30,35-36H,16-20,24-26H2,(H,39,43). The second-order valence-corrected chi connectivity index (χ2v) is 11.9. The van der Waals surface area contributed by atoms with Crippen molar-refractivity contribution in [3.8, 4) is 5.75 Å². The Morgan fingerprint density at radius 3 is 2.28 bits per heavy atom. The Labute approximate surface area is 269 Å². The van der Waals surface area contributed by atoms with E-state index >= 15 is 0 Å². The smallest absolute Gasteiger partial charge is 0.408 e. The first kappa shape index (κ1) is 31.0. The maximum atomic E-state index is 13.2. The number of ether oxygens (including phenoxy) is 3. The van der Waals surface area contributed by atoms with Crippen LogP contribution < -0.4 is 10.1 Å². The molecule has 236 valence electrons. The Balaban J connectivity index is 1.08. The SMILES string of the molecule is O=CCc1ccc(COC(=O)c2cccc(COc3cccc(C(NC(=O)OC4CN5CCC4CC5)c4ccccc4)c3)c2)cc1. The maximum Gasteiger partial charge on any atom is 0.408 e. The highest BCUT2D eigenvalue weighted by Gasteiger charge is 2.36. The van der Waals surface area contributed by atoms with E-state index in [-0.39, 0.29) is 19.3 Å². The third-order valence-electron chi connectivity index (χ3n) is 8.72. The zero-order chi connectivity index (χ0) is 31.7. The quantitative estimate of drug-likeness (QED) is 0.148. The highest BCUT2D eigenvalue weighted by Crippen LogP contribution is 2.31. The molecule has 0 radical (unpaired) electrons. The Morgan fingerprint density at radius 1 is 0.804 bits per heavy atom. The van der Waals surface area contributed by atoms with Crippen LogP contribution in [0.15, 0.2) is 103 Å². The Morgan fingerprint density at radius 2 is 1.54 bits per heavy atom. The molecule has 2 atom stereocenters. The Hall–Kier alpha value is -4.95. The van der Waals surface area contributed by atoms with E-state index in [4.69, 9.17) is 14.2 Å². The van der Waals surface area contributed by atoms with Gasteiger partial charge in [-0.1, -0.05) is 78.9 Å². The first-order valence-corrected chi connectivity index (χ1v) is 15.8. The number of hydrogen-bond acceptors (Lipinski definition) is 7. The van der Waals surface area contributed by atoms with Gasteiger partial charge in [0.05, 0.1) is 11.6 Å². The largest absolute Gasteiger partial charge is 0.489 e. The van der Waals surface area contributed by atoms with Gasteiger partial charge in [0.25, 0.3) is 0 Å². The number of nitrogens with one attached hydrogen (secondary N) is 1. The van der Waals surface area contributed by atoms with Crippen molar-refractivity contribution in [2.75, 3.05) is 19.6 Å². The highest BCUT2D eigenvalue weighted by atomic mass is 16.6. The van der Waals surface area contributed by atoms with Crippen molar-refractivity contribution in [3.05, 3.63) is 137 Å². The van der Waals surface area contributed by atoms with E-state index in [0.29, 0.717) is 23.7 Å². The van der Waals surface area contributed by atoms with Gasteiger partial charge in [-0.25, -0.2) is 9.59 Å². The van der Waals surface area contributed by atoms with E-state index in [1.54, 1.807) is 18.2 Å². The molecule has 8 nitrogen and oxygen atoms in total. The molecule has 0 saturated carbocycles. The van der Waals surface area contributed by atoms with Gasteiger partial charge in [-0.2, -0.15) is 0 Å². The van der Waals surface area contributed by atoms with Gasteiger partial charge >= 0.3 is 12.1 Å². The second kappa shape index (κ2) is 14.9. The summed E-state index contributed by atoms with van der Waals surface area (Å²) in [7, 11) is 0. The van der Waals surface area contributed by atoms with Crippen LogP contribution in [-0.4, -0.2) is 49.0 Å². The summed E-state index contributed by atoms with van der Waals surface area (Å²) in [6.45, 7) is 3.35. The van der Waals surface area contributed by atoms with Gasteiger partial charge in [-0.3, -0.25) is 4.90 Å². The van der Waals surface area contributed by atoms with Gasteiger partial charge in [0, 0.05) is 13.0 Å². The molecule has 7 rings (SSSR count). The summed E-state index contributed by atoms with van der Waals surface area (Å²) < 4.78 is 17.6. The summed E-state index contributed by atoms with van der Waals surface area (Å²) >= 11 is 0. The van der Waals surface area contributed by atoms with Crippen LogP contribution in [0.4, 0.5) is 4.79 Å². The molecule has 3 aliphatic rings. The minimum atomic E-state index is -0.428. The lowest BCUT2D eigenvalue weighted by atomic mass is 9.86. The molecular weight excluding hydrogens is 580 g/mol. The average molecular weight is 619 g/mol. The summed E-state index contributed by atoms with van der Waals surface area (Å²) in [5, 5.41) is 3.11. The van der Waals surface area contributed by atoms with E-state index in [1.165, 1.54) is 0 Å². The minimum absolute atomic E-state index is 0.0811. The van der Waals surface area contributed by atoms with E-state index in [0.717, 1.165) is 66.6 Å². The third kappa shape index (κ3) is 8.00. The monoisotopic (exact) mass is 618 g/mol. The number of alkyl carbamates (subject to hydrolysis) is 1. The van der Waals surface area contributed by atoms with Gasteiger partial charge in [0.15, 0.2) is 0 Å². The summed E-state index contributed by atoms with van der Waals surface area (Å²) in [5.74, 6) is 0.634. The first-order valence-electron chi connectivity index (χ1n) is 15.8. The number of amides is 1. The molecule has 3 heterocycles. The van der Waals surface area contributed by atoms with Crippen LogP contribution in [0.3, 0.4) is 0 Å². The lowest BCUT2D eigenvalue weighted by Crippen LogP contribution is -2.52. The molecule has 1 N–H and O–H groups in total. The minimum Gasteiger partial charge on any atom is -0.489 e. The number of rotatable bonds is 12. The normalized spacial score (nSPS) is 19.1. The molecule has 4 aromatic rings. The molecule has 0 aromatic heterocycles. The Kier molecular flexibility index (Phi) is 10.0. The molecule has 3 aliphatic heterocycles. The molecule has 0 aliphatic carbocycles. The van der Waals surface area contributed by atoms with Crippen molar-refractivity contribution in [1.29, 1.82) is 0 Å². The highest BCUT2D eigenvalue weighted by molar-refractivity contribution is 5.89. The topological polar surface area (TPSA) is 94.2 Å². The number of hydrogen-bond donors (Lipinski definition) is 1. The van der Waals surface area contributed by atoms with E-state index in [1.807, 2.05) is 84.9 Å². The number of aldehydes is 1. The second-order valence-electron chi connectivity index (χ2n) is 11.9. The van der Waals surface area contributed by atoms with E-state index < -0.39 is 18.1 Å². The van der Waals surface area contributed by atoms with Crippen LogP contribution >= 0.6 is 0 Å². The van der Waals surface area contributed by atoms with Gasteiger partial charge in [-0.15, -0.1) is 0 Å². The molecule has 0 spiro atoms. The predicted molar refractivity (Wildman–Crippen MR) is 173 cm³/mol. The number of nitrogens with zero attached hydrogens (tertiary/aromatic N) is 1. The summed E-state index contributed by atoms with van der Waals surface area (Å²) in [4.78, 5) is 39.0. The molecule has 1 amide bonds. The van der Waals surface area contributed by atoms with Crippen molar-refractivity contribution in [2.24, 2.45) is 5.92 Å². The Bertz CT molecular complexity index is 1630. The molecule has 46 heavy (non-hydrogen) atoms. The molecule has 4 aromatic carbocycles. The van der Waals surface area contributed by atoms with Crippen LogP contribution in [0.2, 0.25) is 0 Å². The van der Waals surface area contributed by atoms with Crippen molar-refractivity contribution >= 4 is 18.3 Å². The van der Waals surface area contributed by atoms with E-state index in [9.17, 15) is 14.4 Å². The molecule has 2 bridgehead atoms. The van der Waals surface area contributed by atoms with Crippen molar-refractivity contribution in [3.63, 3.8) is 0 Å². The number of piperidine rings is 3. The maximum absolute atomic E-state index is 13.2. The van der Waals surface area contributed by atoms with E-state index in [2.05, 4.69) is 10.2 Å². The molecule has 3 saturated heterocycles. The summed E-state index contributed by atoms with van der Waals surface area (Å²) in [5.41, 5.74) is 4.81. The van der Waals surface area contributed by atoms with Crippen molar-refractivity contribution < 1.29 is 28.6 Å². The number of esters is 1. The molecule has 2 unspecified atom stereocenters. The molecular formula is C38H38N2O6. The van der Waals surface area contributed by atoms with Gasteiger partial charge in [-0.05, 0) is 83.9 Å². The molecule has 8 heteroatoms. The fraction of sp³-hybridized carbons (Fsp3) is 0.289. The fourth-order valence-electron chi connectivity index (χ4n) is 6.18. The van der Waals surface area contributed by atoms with Gasteiger partial charge in [0.1, 0.15) is 31.4 Å². The van der Waals surface area contributed by atoms with Crippen LogP contribution in [0.5, 0.6) is 5.75 Å². The number of fused-ring (bicyclic) bond motifs is 3. The first-order chi connectivity index (χ1) is 22.5. The van der Waals surface area contributed by atoms with Crippen LogP contribution in [-0.2, 0) is 33.9 Å². The number of carbonyl (C=O) groups excluding carboxylic acids is 3. The van der Waals surface area contributed by atoms with Gasteiger partial charge < -0.3 is 24.3 Å². The third-order valence-corrected chi connectivity index (χ3v) is 8.72. The lowest BCUT2D eigenvalue weighted by Gasteiger charge is -2.43. The van der Waals surface area contributed by atoms with Crippen LogP contribution in [0, 0.1) is 5.92 Å². The van der Waals surface area contributed by atoms with Gasteiger partial charge in [0.2, 0.25) is 0 Å². The van der Waals surface area contributed by atoms with Crippen molar-refractivity contribution in [2.45, 2.75) is 44.6 Å². The zero-order valence-corrected chi connectivity index (χ0v) is 25.7. The number of benzene rings is 4. The van der Waals surface area contributed by atoms with Crippen molar-refractivity contribution in [1.82, 2.24) is 10.2 Å². The lowest BCUT2D eigenvalue weighted by molar-refractivity contribution is -0.107. The summed E-state index contributed by atoms with van der Waals surface area (Å²) in [6.07, 6.45) is 2.86. The zero-order valence-electron chi connectivity index (χ0n) is 25.7. The predicted octanol–water partition coefficient (Wildman–Crippen LogP) is 6.27. The van der Waals surface area contributed by atoms with Crippen LogP contribution in [0.25, 0.3) is 0 Å². The average Bonchev–Trinajstić information content (AvgIpc) is 3.10. The number of carbonyl (C=O) groups is 3. The fourth-order valence-corrected chi connectivity index (χ4v) is 6.18.